The van der Waals surface area contributed by atoms with Crippen LogP contribution < -0.4 is 14.8 Å². The molecule has 1 aromatic carbocycles. The van der Waals surface area contributed by atoms with E-state index in [0.717, 1.165) is 15.3 Å². The number of aromatic nitrogens is 1. The zero-order chi connectivity index (χ0) is 25.5. The molecule has 4 rings (SSSR count). The van der Waals surface area contributed by atoms with Gasteiger partial charge in [0.25, 0.3) is 16.6 Å². The van der Waals surface area contributed by atoms with Crippen molar-refractivity contribution < 1.29 is 35.5 Å². The first-order chi connectivity index (χ1) is 16.5. The third-order valence-electron chi connectivity index (χ3n) is 5.88. The van der Waals surface area contributed by atoms with E-state index in [1.54, 1.807) is 0 Å². The molecule has 1 aromatic heterocycles. The maximum Gasteiger partial charge on any atom is 0.318 e. The summed E-state index contributed by atoms with van der Waals surface area (Å²) in [5.74, 6) is -1.82. The molecule has 9 nitrogen and oxygen atoms in total. The van der Waals surface area contributed by atoms with E-state index in [2.05, 4.69) is 15.0 Å². The number of halogens is 4. The molecule has 2 aromatic rings. The number of nitrogens with one attached hydrogen (secondary N) is 2. The summed E-state index contributed by atoms with van der Waals surface area (Å²) >= 11 is 0. The third kappa shape index (κ3) is 5.04. The van der Waals surface area contributed by atoms with Crippen molar-refractivity contribution in [1.29, 1.82) is 0 Å². The smallest absolute Gasteiger partial charge is 0.318 e. The highest BCUT2D eigenvalue weighted by Crippen LogP contribution is 2.34. The van der Waals surface area contributed by atoms with Gasteiger partial charge in [-0.05, 0) is 30.2 Å². The topological polar surface area (TPSA) is 104 Å². The number of hydrogen-bond donors (Lipinski definition) is 2. The molecule has 1 fully saturated rings. The fourth-order valence-electron chi connectivity index (χ4n) is 4.00. The van der Waals surface area contributed by atoms with E-state index in [4.69, 9.17) is 4.74 Å². The number of urea groups is 1. The molecular formula is C21H23F4N5O4S. The molecule has 14 heteroatoms. The summed E-state index contributed by atoms with van der Waals surface area (Å²) in [7, 11) is -1.57. The Kier molecular flexibility index (Phi) is 6.88. The fourth-order valence-corrected chi connectivity index (χ4v) is 4.86. The lowest BCUT2D eigenvalue weighted by atomic mass is 9.99. The summed E-state index contributed by atoms with van der Waals surface area (Å²) in [5.41, 5.74) is -0.438. The summed E-state index contributed by atoms with van der Waals surface area (Å²) < 4.78 is 90.7. The van der Waals surface area contributed by atoms with Gasteiger partial charge in [0.05, 0.1) is 36.4 Å². The minimum absolute atomic E-state index is 0.0255. The van der Waals surface area contributed by atoms with Crippen molar-refractivity contribution in [2.24, 2.45) is 0 Å². The maximum atomic E-state index is 15.4. The van der Waals surface area contributed by atoms with Gasteiger partial charge in [0.2, 0.25) is 5.88 Å². The lowest BCUT2D eigenvalue weighted by Crippen LogP contribution is -2.53. The SMILES string of the molecule is CN(C)S(=O)(=O)N[C@H]1[C@@H](F)CN2C(=O)NCc3ccc(C(F)F)c(n3)Oc3cccc(c3F)C[C@@H]12. The lowest BCUT2D eigenvalue weighted by molar-refractivity contribution is 0.147. The van der Waals surface area contributed by atoms with Crippen LogP contribution in [0.4, 0.5) is 22.4 Å². The zero-order valence-corrected chi connectivity index (χ0v) is 19.5. The quantitative estimate of drug-likeness (QED) is 0.607. The highest BCUT2D eigenvalue weighted by Gasteiger charge is 2.46. The van der Waals surface area contributed by atoms with E-state index in [1.165, 1.54) is 38.4 Å². The van der Waals surface area contributed by atoms with Crippen LogP contribution in [-0.4, -0.2) is 67.5 Å². The molecule has 0 unspecified atom stereocenters. The van der Waals surface area contributed by atoms with E-state index in [0.29, 0.717) is 0 Å². The molecule has 2 aliphatic heterocycles. The third-order valence-corrected chi connectivity index (χ3v) is 7.42. The number of pyridine rings is 1. The van der Waals surface area contributed by atoms with Crippen LogP contribution in [0.5, 0.6) is 11.6 Å². The van der Waals surface area contributed by atoms with Gasteiger partial charge in [0, 0.05) is 14.1 Å². The van der Waals surface area contributed by atoms with Gasteiger partial charge in [-0.2, -0.15) is 17.4 Å². The van der Waals surface area contributed by atoms with Crippen LogP contribution in [0.3, 0.4) is 0 Å². The Labute approximate surface area is 199 Å². The summed E-state index contributed by atoms with van der Waals surface area (Å²) in [6.07, 6.45) is -4.99. The van der Waals surface area contributed by atoms with Crippen molar-refractivity contribution in [3.8, 4) is 11.6 Å². The number of benzene rings is 1. The Morgan fingerprint density at radius 3 is 2.69 bits per heavy atom. The van der Waals surface area contributed by atoms with Crippen LogP contribution in [-0.2, 0) is 23.2 Å². The van der Waals surface area contributed by atoms with E-state index >= 15 is 8.78 Å². The van der Waals surface area contributed by atoms with Crippen LogP contribution in [0.1, 0.15) is 23.2 Å². The molecule has 3 heterocycles. The summed E-state index contributed by atoms with van der Waals surface area (Å²) in [5, 5.41) is 2.53. The Morgan fingerprint density at radius 1 is 1.26 bits per heavy atom. The van der Waals surface area contributed by atoms with Gasteiger partial charge in [0.1, 0.15) is 6.17 Å². The minimum Gasteiger partial charge on any atom is -0.435 e. The van der Waals surface area contributed by atoms with Gasteiger partial charge in [-0.15, -0.1) is 0 Å². The van der Waals surface area contributed by atoms with Crippen LogP contribution >= 0.6 is 0 Å². The molecule has 0 radical (unpaired) electrons. The first-order valence-electron chi connectivity index (χ1n) is 10.6. The van der Waals surface area contributed by atoms with Gasteiger partial charge in [0.15, 0.2) is 11.6 Å². The number of rotatable bonds is 4. The zero-order valence-electron chi connectivity index (χ0n) is 18.7. The number of nitrogens with zero attached hydrogens (tertiary/aromatic N) is 3. The molecule has 4 bridgehead atoms. The highest BCUT2D eigenvalue weighted by molar-refractivity contribution is 7.87. The average Bonchev–Trinajstić information content (AvgIpc) is 3.08. The van der Waals surface area contributed by atoms with Crippen LogP contribution in [0.2, 0.25) is 0 Å². The van der Waals surface area contributed by atoms with Crippen LogP contribution in [0.15, 0.2) is 30.3 Å². The Balaban J connectivity index is 1.78. The second-order valence-electron chi connectivity index (χ2n) is 8.36. The van der Waals surface area contributed by atoms with E-state index in [1.807, 2.05) is 0 Å². The number of carbonyl (C=O) groups excluding carboxylic acids is 1. The minimum atomic E-state index is -4.08. The van der Waals surface area contributed by atoms with Crippen molar-refractivity contribution in [1.82, 2.24) is 24.2 Å². The molecule has 1 saturated heterocycles. The Hall–Kier alpha value is -2.97. The maximum absolute atomic E-state index is 15.4. The Bertz CT molecular complexity index is 1230. The number of hydrogen-bond acceptors (Lipinski definition) is 5. The normalized spacial score (nSPS) is 22.7. The predicted octanol–water partition coefficient (Wildman–Crippen LogP) is 2.50. The predicted molar refractivity (Wildman–Crippen MR) is 117 cm³/mol. The van der Waals surface area contributed by atoms with Crippen LogP contribution in [0.25, 0.3) is 0 Å². The number of alkyl halides is 3. The van der Waals surface area contributed by atoms with Crippen molar-refractivity contribution in [3.05, 3.63) is 53.0 Å². The lowest BCUT2D eigenvalue weighted by Gasteiger charge is -2.29. The van der Waals surface area contributed by atoms with Gasteiger partial charge < -0.3 is 15.0 Å². The summed E-state index contributed by atoms with van der Waals surface area (Å²) in [4.78, 5) is 18.0. The number of fused-ring (bicyclic) bond motifs is 5. The highest BCUT2D eigenvalue weighted by atomic mass is 32.2. The molecule has 0 spiro atoms. The second-order valence-corrected chi connectivity index (χ2v) is 10.3. The summed E-state index contributed by atoms with van der Waals surface area (Å²) in [6, 6.07) is 3.10. The van der Waals surface area contributed by atoms with Gasteiger partial charge in [-0.25, -0.2) is 27.3 Å². The first kappa shape index (κ1) is 25.1. The molecule has 0 saturated carbocycles. The molecule has 190 valence electrons. The number of carbonyl (C=O) groups is 1. The number of amides is 2. The first-order valence-corrected chi connectivity index (χ1v) is 12.0. The van der Waals surface area contributed by atoms with E-state index in [9.17, 15) is 22.0 Å². The molecular weight excluding hydrogens is 494 g/mol. The second kappa shape index (κ2) is 9.59. The number of ether oxygens (including phenoxy) is 1. The monoisotopic (exact) mass is 517 g/mol. The molecule has 35 heavy (non-hydrogen) atoms. The average molecular weight is 518 g/mol. The molecule has 2 N–H and O–H groups in total. The standard InChI is InChI=1S/C21H23F4N5O4S/c1-29(2)35(32,33)28-18-14(22)10-30-15(18)8-11-4-3-5-16(17(11)23)34-20-13(19(24)25)7-6-12(27-20)9-26-21(30)31/h3-7,14-15,18-19,28H,8-10H2,1-2H3,(H,26,31)/t14-,15-,18-/m0/s1. The van der Waals surface area contributed by atoms with Crippen molar-refractivity contribution >= 4 is 16.2 Å². The van der Waals surface area contributed by atoms with Gasteiger partial charge in [-0.3, -0.25) is 0 Å². The summed E-state index contributed by atoms with van der Waals surface area (Å²) in [6.45, 7) is -0.662. The molecule has 0 aliphatic carbocycles. The molecule has 2 amide bonds. The van der Waals surface area contributed by atoms with Gasteiger partial charge >= 0.3 is 6.03 Å². The van der Waals surface area contributed by atoms with Crippen LogP contribution in [0, 0.1) is 5.82 Å². The fraction of sp³-hybridized carbons (Fsp3) is 0.429. The molecule has 3 atom stereocenters. The van der Waals surface area contributed by atoms with Crippen molar-refractivity contribution in [2.75, 3.05) is 20.6 Å². The van der Waals surface area contributed by atoms with E-state index in [-0.39, 0.29) is 30.0 Å². The largest absolute Gasteiger partial charge is 0.435 e. The Morgan fingerprint density at radius 2 is 2.00 bits per heavy atom. The van der Waals surface area contributed by atoms with Crippen molar-refractivity contribution in [3.63, 3.8) is 0 Å². The molecule has 2 aliphatic rings. The van der Waals surface area contributed by atoms with E-state index < -0.39 is 64.7 Å². The van der Waals surface area contributed by atoms with Crippen molar-refractivity contribution in [2.45, 2.75) is 37.6 Å². The van der Waals surface area contributed by atoms with Gasteiger partial charge in [-0.1, -0.05) is 12.1 Å².